The van der Waals surface area contributed by atoms with Crippen molar-refractivity contribution < 1.29 is 9.79 Å². The van der Waals surface area contributed by atoms with E-state index in [0.29, 0.717) is 0 Å². The normalized spacial score (nSPS) is 6.83. The van der Waals surface area contributed by atoms with Crippen molar-refractivity contribution in [3.05, 3.63) is 0 Å². The Labute approximate surface area is 42.3 Å². The predicted molar refractivity (Wildman–Crippen MR) is 27.3 cm³/mol. The van der Waals surface area contributed by atoms with Gasteiger partial charge < -0.3 is 0 Å². The molecule has 0 aliphatic rings. The van der Waals surface area contributed by atoms with Crippen molar-refractivity contribution in [1.29, 1.82) is 0 Å². The van der Waals surface area contributed by atoms with Crippen LogP contribution in [0.1, 0.15) is 0 Å². The molecule has 0 rings (SSSR count). The SMILES string of the molecule is C#C[SeH]=[P+](O)O. The minimum absolute atomic E-state index is 0.609. The van der Waals surface area contributed by atoms with Gasteiger partial charge in [-0.15, -0.1) is 0 Å². The summed E-state index contributed by atoms with van der Waals surface area (Å²) in [7, 11) is 0. The Morgan fingerprint density at radius 3 is 2.17 bits per heavy atom. The Bertz CT molecular complexity index is 98.6. The average Bonchev–Trinajstić information content (AvgIpc) is 1.35. The predicted octanol–water partition coefficient (Wildman–Crippen LogP) is -0.775. The molecule has 0 radical (unpaired) electrons. The van der Waals surface area contributed by atoms with E-state index in [9.17, 15) is 0 Å². The molecule has 34 valence electrons. The number of rotatable bonds is 0. The molecular formula is C2H4O2PSe+. The summed E-state index contributed by atoms with van der Waals surface area (Å²) in [6, 6.07) is 0. The molecule has 2 nitrogen and oxygen atoms in total. The van der Waals surface area contributed by atoms with Crippen molar-refractivity contribution in [2.45, 2.75) is 0 Å². The van der Waals surface area contributed by atoms with Gasteiger partial charge in [-0.2, -0.15) is 0 Å². The Hall–Kier alpha value is 0.299. The van der Waals surface area contributed by atoms with Gasteiger partial charge >= 0.3 is 41.7 Å². The van der Waals surface area contributed by atoms with Gasteiger partial charge in [0.15, 0.2) is 0 Å². The summed E-state index contributed by atoms with van der Waals surface area (Å²) >= 11 is -0.609. The zero-order valence-electron chi connectivity index (χ0n) is 2.87. The maximum atomic E-state index is 8.07. The first-order chi connectivity index (χ1) is 2.77. The summed E-state index contributed by atoms with van der Waals surface area (Å²) in [6.45, 7) is -1.74. The molecule has 0 aromatic carbocycles. The van der Waals surface area contributed by atoms with Gasteiger partial charge in [-0.25, -0.2) is 0 Å². The van der Waals surface area contributed by atoms with Crippen LogP contribution in [0.25, 0.3) is 0 Å². The van der Waals surface area contributed by atoms with Gasteiger partial charge in [0.2, 0.25) is 0 Å². The first kappa shape index (κ1) is 6.30. The summed E-state index contributed by atoms with van der Waals surface area (Å²) in [6.07, 6.45) is 4.72. The number of terminal acetylenes is 1. The topological polar surface area (TPSA) is 40.5 Å². The molecule has 0 bridgehead atoms. The Morgan fingerprint density at radius 2 is 2.17 bits per heavy atom. The fourth-order valence-electron chi connectivity index (χ4n) is 0.0516. The van der Waals surface area contributed by atoms with Gasteiger partial charge in [0, 0.05) is 0 Å². The molecular weight excluding hydrogens is 166 g/mol. The summed E-state index contributed by atoms with van der Waals surface area (Å²) in [4.78, 5) is 18.3. The van der Waals surface area contributed by atoms with E-state index in [1.807, 2.05) is 0 Å². The molecule has 0 aliphatic carbocycles. The second-order valence-corrected chi connectivity index (χ2v) is 5.29. The zero-order chi connectivity index (χ0) is 4.99. The third-order valence-electron chi connectivity index (χ3n) is 0.147. The van der Waals surface area contributed by atoms with Gasteiger partial charge in [0.05, 0.1) is 0 Å². The molecule has 0 aromatic heterocycles. The molecule has 0 saturated heterocycles. The second-order valence-electron chi connectivity index (χ2n) is 0.497. The monoisotopic (exact) mass is 171 g/mol. The van der Waals surface area contributed by atoms with Crippen LogP contribution in [0.3, 0.4) is 0 Å². The van der Waals surface area contributed by atoms with Crippen molar-refractivity contribution in [3.63, 3.8) is 0 Å². The number of hydrogen-bond acceptors (Lipinski definition) is 2. The van der Waals surface area contributed by atoms with E-state index in [0.717, 1.165) is 0 Å². The van der Waals surface area contributed by atoms with E-state index in [-0.39, 0.29) is 0 Å². The quantitative estimate of drug-likeness (QED) is 0.284. The summed E-state index contributed by atoms with van der Waals surface area (Å²) < 4.78 is 0. The van der Waals surface area contributed by atoms with Crippen molar-refractivity contribution >= 4 is 20.7 Å². The van der Waals surface area contributed by atoms with Crippen LogP contribution in [0.2, 0.25) is 0 Å². The van der Waals surface area contributed by atoms with Crippen LogP contribution >= 0.6 is 6.62 Å². The van der Waals surface area contributed by atoms with Gasteiger partial charge in [0.1, 0.15) is 0 Å². The summed E-state index contributed by atoms with van der Waals surface area (Å²) in [5.74, 6) is 0. The molecule has 0 aromatic rings. The van der Waals surface area contributed by atoms with Crippen LogP contribution < -0.4 is 0 Å². The van der Waals surface area contributed by atoms with Crippen LogP contribution in [0.5, 0.6) is 0 Å². The summed E-state index contributed by atoms with van der Waals surface area (Å²) in [5, 5.41) is 0. The fourth-order valence-corrected chi connectivity index (χ4v) is 0.805. The van der Waals surface area contributed by atoms with Crippen LogP contribution in [0.4, 0.5) is 0 Å². The third kappa shape index (κ3) is 4.30. The second kappa shape index (κ2) is 3.49. The van der Waals surface area contributed by atoms with Gasteiger partial charge in [0.25, 0.3) is 0 Å². The molecule has 0 heterocycles. The van der Waals surface area contributed by atoms with E-state index in [1.54, 1.807) is 0 Å². The van der Waals surface area contributed by atoms with E-state index < -0.39 is 20.7 Å². The molecule has 6 heavy (non-hydrogen) atoms. The van der Waals surface area contributed by atoms with E-state index in [1.165, 1.54) is 0 Å². The molecule has 0 unspecified atom stereocenters. The first-order valence-corrected chi connectivity index (χ1v) is 5.77. The molecule has 2 N–H and O–H groups in total. The average molecular weight is 170 g/mol. The van der Waals surface area contributed by atoms with Crippen molar-refractivity contribution in [1.82, 2.24) is 0 Å². The summed E-state index contributed by atoms with van der Waals surface area (Å²) in [5.41, 5.74) is 0. The van der Waals surface area contributed by atoms with Crippen molar-refractivity contribution in [2.75, 3.05) is 0 Å². The Kier molecular flexibility index (Phi) is 3.66. The Morgan fingerprint density at radius 1 is 1.67 bits per heavy atom. The third-order valence-corrected chi connectivity index (χ3v) is 2.29. The van der Waals surface area contributed by atoms with Crippen LogP contribution in [-0.2, 0) is 0 Å². The fraction of sp³-hybridized carbons (Fsp3) is 0. The first-order valence-electron chi connectivity index (χ1n) is 1.11. The molecule has 0 amide bonds. The zero-order valence-corrected chi connectivity index (χ0v) is 5.64. The maximum absolute atomic E-state index is 8.07. The molecule has 0 fully saturated rings. The number of hydrogen-bond donors (Lipinski definition) is 2. The molecule has 4 heteroatoms. The van der Waals surface area contributed by atoms with Crippen molar-refractivity contribution in [3.8, 4) is 11.2 Å². The van der Waals surface area contributed by atoms with Gasteiger partial charge in [-0.05, 0) is 0 Å². The molecule has 0 saturated carbocycles. The molecule has 0 aliphatic heterocycles. The van der Waals surface area contributed by atoms with Crippen LogP contribution in [-0.4, -0.2) is 23.8 Å². The Balaban J connectivity index is 3.51. The van der Waals surface area contributed by atoms with E-state index in [2.05, 4.69) is 4.82 Å². The molecule has 0 spiro atoms. The molecule has 0 atom stereocenters. The van der Waals surface area contributed by atoms with Gasteiger partial charge in [-0.1, -0.05) is 0 Å². The van der Waals surface area contributed by atoms with Crippen molar-refractivity contribution in [2.24, 2.45) is 0 Å². The van der Waals surface area contributed by atoms with Gasteiger partial charge in [-0.3, -0.25) is 0 Å². The van der Waals surface area contributed by atoms with E-state index in [4.69, 9.17) is 16.2 Å². The minimum atomic E-state index is -1.74. The van der Waals surface area contributed by atoms with Crippen LogP contribution in [0, 0.1) is 11.2 Å². The van der Waals surface area contributed by atoms with Crippen LogP contribution in [0.15, 0.2) is 0 Å². The van der Waals surface area contributed by atoms with E-state index >= 15 is 0 Å². The standard InChI is InChI=1S/C2H4O2PSe/c1-2-6-5(3)4/h1,3-4,6H/q+1.